The molecule has 2 rings (SSSR count). The fraction of sp³-hybridized carbons (Fsp3) is 0.250. The number of amides is 3. The second kappa shape index (κ2) is 6.38. The molecule has 0 bridgehead atoms. The van der Waals surface area contributed by atoms with Crippen molar-refractivity contribution in [2.45, 2.75) is 0 Å². The van der Waals surface area contributed by atoms with Gasteiger partial charge in [0, 0.05) is 16.7 Å². The van der Waals surface area contributed by atoms with Crippen LogP contribution in [0.3, 0.4) is 0 Å². The Morgan fingerprint density at radius 2 is 2.11 bits per heavy atom. The molecule has 1 aromatic rings. The lowest BCUT2D eigenvalue weighted by Crippen LogP contribution is -2.37. The maximum absolute atomic E-state index is 11.9. The van der Waals surface area contributed by atoms with Gasteiger partial charge in [0.15, 0.2) is 0 Å². The Bertz CT molecular complexity index is 519. The predicted molar refractivity (Wildman–Crippen MR) is 81.1 cm³/mol. The van der Waals surface area contributed by atoms with Crippen LogP contribution in [0.4, 0.5) is 4.79 Å². The first-order valence-electron chi connectivity index (χ1n) is 5.59. The molecule has 19 heavy (non-hydrogen) atoms. The minimum atomic E-state index is -0.242. The second-order valence-corrected chi connectivity index (χ2v) is 5.92. The number of thioether (sulfide) groups is 1. The summed E-state index contributed by atoms with van der Waals surface area (Å²) in [5.41, 5.74) is 0.594. The topological polar surface area (TPSA) is 66.5 Å². The molecule has 1 aliphatic rings. The molecule has 0 saturated carbocycles. The number of carbonyl (C=O) groups excluding carboxylic acids is 3. The number of hydrogen-bond donors (Lipinski definition) is 1. The molecule has 0 aromatic heterocycles. The quantitative estimate of drug-likeness (QED) is 0.796. The third kappa shape index (κ3) is 3.47. The third-order valence-corrected chi connectivity index (χ3v) is 4.38. The molecule has 0 aliphatic carbocycles. The van der Waals surface area contributed by atoms with E-state index in [1.165, 1.54) is 4.90 Å². The number of imide groups is 1. The third-order valence-electron chi connectivity index (χ3n) is 2.58. The van der Waals surface area contributed by atoms with Crippen LogP contribution in [0.1, 0.15) is 10.4 Å². The number of nitrogens with zero attached hydrogens (tertiary/aromatic N) is 1. The average molecular weight is 390 g/mol. The van der Waals surface area contributed by atoms with E-state index in [9.17, 15) is 14.4 Å². The van der Waals surface area contributed by atoms with Crippen molar-refractivity contribution in [3.8, 4) is 0 Å². The number of nitrogens with one attached hydrogen (secondary N) is 1. The summed E-state index contributed by atoms with van der Waals surface area (Å²) in [6.45, 7) is 0.488. The van der Waals surface area contributed by atoms with Crippen LogP contribution >= 0.6 is 34.4 Å². The van der Waals surface area contributed by atoms with E-state index in [0.717, 1.165) is 15.3 Å². The van der Waals surface area contributed by atoms with Gasteiger partial charge in [0.2, 0.25) is 5.91 Å². The van der Waals surface area contributed by atoms with Crippen LogP contribution in [0.5, 0.6) is 0 Å². The Hall–Kier alpha value is -1.09. The fourth-order valence-electron chi connectivity index (χ4n) is 1.62. The van der Waals surface area contributed by atoms with Crippen molar-refractivity contribution in [2.75, 3.05) is 18.8 Å². The van der Waals surface area contributed by atoms with E-state index in [0.29, 0.717) is 5.56 Å². The lowest BCUT2D eigenvalue weighted by molar-refractivity contribution is -0.124. The lowest BCUT2D eigenvalue weighted by Gasteiger charge is -2.13. The van der Waals surface area contributed by atoms with E-state index in [4.69, 9.17) is 0 Å². The van der Waals surface area contributed by atoms with E-state index >= 15 is 0 Å². The summed E-state index contributed by atoms with van der Waals surface area (Å²) in [6.07, 6.45) is 0. The zero-order valence-electron chi connectivity index (χ0n) is 9.89. The first kappa shape index (κ1) is 14.3. The number of carbonyl (C=O) groups is 3. The normalized spacial score (nSPS) is 14.9. The molecule has 5 nitrogen and oxygen atoms in total. The molecule has 1 aliphatic heterocycles. The van der Waals surface area contributed by atoms with Gasteiger partial charge in [0.25, 0.3) is 11.1 Å². The molecule has 1 heterocycles. The maximum atomic E-state index is 11.9. The van der Waals surface area contributed by atoms with E-state index in [1.54, 1.807) is 12.1 Å². The van der Waals surface area contributed by atoms with Crippen LogP contribution in [0, 0.1) is 3.57 Å². The smallest absolute Gasteiger partial charge is 0.288 e. The number of benzene rings is 1. The van der Waals surface area contributed by atoms with Gasteiger partial charge in [-0.1, -0.05) is 23.9 Å². The number of hydrogen-bond acceptors (Lipinski definition) is 4. The molecule has 0 unspecified atom stereocenters. The summed E-state index contributed by atoms with van der Waals surface area (Å²) in [7, 11) is 0. The van der Waals surface area contributed by atoms with E-state index in [2.05, 4.69) is 27.9 Å². The minimum absolute atomic E-state index is 0.196. The number of rotatable bonds is 4. The molecule has 1 N–H and O–H groups in total. The lowest BCUT2D eigenvalue weighted by atomic mass is 10.2. The highest BCUT2D eigenvalue weighted by Gasteiger charge is 2.29. The van der Waals surface area contributed by atoms with Gasteiger partial charge >= 0.3 is 0 Å². The summed E-state index contributed by atoms with van der Waals surface area (Å²) < 4.78 is 0.862. The molecule has 1 saturated heterocycles. The van der Waals surface area contributed by atoms with Crippen molar-refractivity contribution in [1.82, 2.24) is 10.2 Å². The van der Waals surface area contributed by atoms with E-state index < -0.39 is 0 Å². The summed E-state index contributed by atoms with van der Waals surface area (Å²) in [5.74, 6) is -0.195. The first-order valence-corrected chi connectivity index (χ1v) is 7.66. The van der Waals surface area contributed by atoms with Crippen LogP contribution in [0.2, 0.25) is 0 Å². The molecule has 1 aromatic carbocycles. The van der Waals surface area contributed by atoms with Gasteiger partial charge in [-0.15, -0.1) is 0 Å². The molecule has 1 fully saturated rings. The molecule has 0 radical (unpaired) electrons. The molecular formula is C12H11IN2O3S. The Labute approximate surface area is 128 Å². The van der Waals surface area contributed by atoms with Crippen molar-refractivity contribution < 1.29 is 14.4 Å². The zero-order chi connectivity index (χ0) is 13.8. The van der Waals surface area contributed by atoms with Crippen molar-refractivity contribution in [3.63, 3.8) is 0 Å². The zero-order valence-corrected chi connectivity index (χ0v) is 12.9. The Morgan fingerprint density at radius 1 is 1.37 bits per heavy atom. The van der Waals surface area contributed by atoms with Crippen LogP contribution in [0.15, 0.2) is 24.3 Å². The fourth-order valence-corrected chi connectivity index (χ4v) is 3.00. The maximum Gasteiger partial charge on any atom is 0.288 e. The molecule has 7 heteroatoms. The SMILES string of the molecule is O=C(NCCN1C(=O)CSC1=O)c1ccccc1I. The first-order chi connectivity index (χ1) is 9.09. The summed E-state index contributed by atoms with van der Waals surface area (Å²) in [4.78, 5) is 35.8. The highest BCUT2D eigenvalue weighted by molar-refractivity contribution is 14.1. The Morgan fingerprint density at radius 3 is 2.74 bits per heavy atom. The Balaban J connectivity index is 1.86. The molecular weight excluding hydrogens is 379 g/mol. The van der Waals surface area contributed by atoms with Gasteiger partial charge in [0.1, 0.15) is 0 Å². The summed E-state index contributed by atoms with van der Waals surface area (Å²) in [5, 5.41) is 2.47. The van der Waals surface area contributed by atoms with Gasteiger partial charge in [-0.05, 0) is 34.7 Å². The number of halogens is 1. The van der Waals surface area contributed by atoms with Gasteiger partial charge in [-0.25, -0.2) is 0 Å². The molecule has 100 valence electrons. The monoisotopic (exact) mass is 390 g/mol. The van der Waals surface area contributed by atoms with E-state index in [1.807, 2.05) is 12.1 Å². The van der Waals surface area contributed by atoms with Crippen molar-refractivity contribution in [1.29, 1.82) is 0 Å². The predicted octanol–water partition coefficient (Wildman–Crippen LogP) is 1.72. The summed E-state index contributed by atoms with van der Waals surface area (Å²) in [6, 6.07) is 7.23. The van der Waals surface area contributed by atoms with Crippen LogP contribution in [0.25, 0.3) is 0 Å². The van der Waals surface area contributed by atoms with Crippen molar-refractivity contribution >= 4 is 51.4 Å². The standard InChI is InChI=1S/C12H11IN2O3S/c13-9-4-2-1-3-8(9)11(17)14-5-6-15-10(16)7-19-12(15)18/h1-4H,5-7H2,(H,14,17). The Kier molecular flexibility index (Phi) is 4.81. The van der Waals surface area contributed by atoms with E-state index in [-0.39, 0.29) is 35.9 Å². The van der Waals surface area contributed by atoms with Crippen LogP contribution in [-0.2, 0) is 4.79 Å². The van der Waals surface area contributed by atoms with Gasteiger partial charge in [0.05, 0.1) is 11.3 Å². The van der Waals surface area contributed by atoms with Crippen LogP contribution in [-0.4, -0.2) is 40.8 Å². The largest absolute Gasteiger partial charge is 0.350 e. The second-order valence-electron chi connectivity index (χ2n) is 3.84. The van der Waals surface area contributed by atoms with Gasteiger partial charge in [-0.3, -0.25) is 19.3 Å². The van der Waals surface area contributed by atoms with Crippen LogP contribution < -0.4 is 5.32 Å². The highest BCUT2D eigenvalue weighted by Crippen LogP contribution is 2.17. The highest BCUT2D eigenvalue weighted by atomic mass is 127. The summed E-state index contributed by atoms with van der Waals surface area (Å²) >= 11 is 3.08. The molecule has 0 spiro atoms. The minimum Gasteiger partial charge on any atom is -0.350 e. The van der Waals surface area contributed by atoms with Gasteiger partial charge in [-0.2, -0.15) is 0 Å². The molecule has 0 atom stereocenters. The average Bonchev–Trinajstić information content (AvgIpc) is 2.70. The van der Waals surface area contributed by atoms with Crippen molar-refractivity contribution in [3.05, 3.63) is 33.4 Å². The van der Waals surface area contributed by atoms with Crippen molar-refractivity contribution in [2.24, 2.45) is 0 Å². The van der Waals surface area contributed by atoms with Gasteiger partial charge < -0.3 is 5.32 Å². The molecule has 3 amide bonds.